The molecule has 6 heteroatoms. The molecule has 0 bridgehead atoms. The topological polar surface area (TPSA) is 69.5 Å². The molecule has 2 rings (SSSR count). The van der Waals surface area contributed by atoms with Gasteiger partial charge in [0.05, 0.1) is 5.56 Å². The van der Waals surface area contributed by atoms with Crippen LogP contribution in [0.15, 0.2) is 18.3 Å². The Morgan fingerprint density at radius 3 is 2.26 bits per heavy atom. The molecule has 1 fully saturated rings. The van der Waals surface area contributed by atoms with E-state index in [0.717, 1.165) is 5.82 Å². The number of amides is 1. The molecule has 0 saturated carbocycles. The fourth-order valence-electron chi connectivity index (χ4n) is 2.08. The molecular formula is C17H26N4O2. The van der Waals surface area contributed by atoms with Crippen molar-refractivity contribution in [3.8, 4) is 6.07 Å². The third-order valence-corrected chi connectivity index (χ3v) is 3.13. The first-order valence-corrected chi connectivity index (χ1v) is 7.98. The number of pyridine rings is 1. The molecule has 2 heterocycles. The van der Waals surface area contributed by atoms with Crippen LogP contribution < -0.4 is 4.90 Å². The minimum absolute atomic E-state index is 0.269. The quantitative estimate of drug-likeness (QED) is 0.796. The molecule has 1 aromatic heterocycles. The predicted molar refractivity (Wildman–Crippen MR) is 90.3 cm³/mol. The Kier molecular flexibility index (Phi) is 6.83. The Labute approximate surface area is 138 Å². The Morgan fingerprint density at radius 1 is 1.22 bits per heavy atom. The molecule has 0 N–H and O–H groups in total. The van der Waals surface area contributed by atoms with E-state index in [0.29, 0.717) is 31.7 Å². The number of carbonyl (C=O) groups excluding carboxylic acids is 1. The number of anilines is 1. The van der Waals surface area contributed by atoms with Gasteiger partial charge in [0.2, 0.25) is 0 Å². The third kappa shape index (κ3) is 5.78. The van der Waals surface area contributed by atoms with Crippen LogP contribution in [0.2, 0.25) is 0 Å². The third-order valence-electron chi connectivity index (χ3n) is 3.13. The molecule has 1 aliphatic heterocycles. The maximum absolute atomic E-state index is 12.0. The maximum Gasteiger partial charge on any atom is 0.410 e. The highest BCUT2D eigenvalue weighted by molar-refractivity contribution is 5.68. The molecule has 1 amide bonds. The minimum Gasteiger partial charge on any atom is -0.444 e. The number of hydrogen-bond donors (Lipinski definition) is 0. The number of rotatable bonds is 1. The second kappa shape index (κ2) is 8.37. The first-order chi connectivity index (χ1) is 10.9. The average Bonchev–Trinajstić information content (AvgIpc) is 2.55. The predicted octanol–water partition coefficient (Wildman–Crippen LogP) is 3.04. The van der Waals surface area contributed by atoms with Crippen LogP contribution in [-0.4, -0.2) is 47.8 Å². The van der Waals surface area contributed by atoms with Gasteiger partial charge in [-0.25, -0.2) is 9.78 Å². The summed E-state index contributed by atoms with van der Waals surface area (Å²) < 4.78 is 5.37. The first kappa shape index (κ1) is 18.8. The second-order valence-corrected chi connectivity index (χ2v) is 5.97. The van der Waals surface area contributed by atoms with Gasteiger partial charge in [-0.1, -0.05) is 13.8 Å². The van der Waals surface area contributed by atoms with E-state index in [9.17, 15) is 4.79 Å². The van der Waals surface area contributed by atoms with Gasteiger partial charge in [-0.05, 0) is 32.9 Å². The van der Waals surface area contributed by atoms with Crippen LogP contribution in [0.1, 0.15) is 40.2 Å². The smallest absolute Gasteiger partial charge is 0.410 e. The molecule has 1 aliphatic rings. The van der Waals surface area contributed by atoms with Crippen LogP contribution in [0, 0.1) is 11.3 Å². The van der Waals surface area contributed by atoms with Crippen LogP contribution in [0.25, 0.3) is 0 Å². The van der Waals surface area contributed by atoms with Crippen LogP contribution >= 0.6 is 0 Å². The van der Waals surface area contributed by atoms with Crippen molar-refractivity contribution in [2.45, 2.75) is 40.2 Å². The van der Waals surface area contributed by atoms with E-state index in [-0.39, 0.29) is 6.09 Å². The molecular weight excluding hydrogens is 292 g/mol. The Bertz CT molecular complexity index is 535. The van der Waals surface area contributed by atoms with Crippen molar-refractivity contribution in [1.82, 2.24) is 9.88 Å². The fourth-order valence-corrected chi connectivity index (χ4v) is 2.08. The van der Waals surface area contributed by atoms with Crippen molar-refractivity contribution < 1.29 is 9.53 Å². The van der Waals surface area contributed by atoms with Crippen molar-refractivity contribution in [1.29, 1.82) is 5.26 Å². The number of ether oxygens (including phenoxy) is 1. The number of piperazine rings is 1. The van der Waals surface area contributed by atoms with E-state index in [4.69, 9.17) is 10.00 Å². The molecule has 1 aromatic rings. The zero-order valence-electron chi connectivity index (χ0n) is 14.7. The average molecular weight is 318 g/mol. The lowest BCUT2D eigenvalue weighted by Crippen LogP contribution is -2.50. The SMILES string of the molecule is CC.CC(C)(C)OC(=O)N1CCN(c2ccc(C#N)cn2)CC1. The molecule has 126 valence electrons. The summed E-state index contributed by atoms with van der Waals surface area (Å²) in [6, 6.07) is 5.64. The zero-order valence-corrected chi connectivity index (χ0v) is 14.7. The van der Waals surface area contributed by atoms with Crippen molar-refractivity contribution in [2.75, 3.05) is 31.1 Å². The molecule has 0 atom stereocenters. The van der Waals surface area contributed by atoms with Crippen LogP contribution in [-0.2, 0) is 4.74 Å². The Balaban J connectivity index is 0.00000127. The molecule has 0 spiro atoms. The Hall–Kier alpha value is -2.29. The summed E-state index contributed by atoms with van der Waals surface area (Å²) in [5.74, 6) is 0.831. The summed E-state index contributed by atoms with van der Waals surface area (Å²) in [6.07, 6.45) is 1.30. The first-order valence-electron chi connectivity index (χ1n) is 7.98. The highest BCUT2D eigenvalue weighted by atomic mass is 16.6. The summed E-state index contributed by atoms with van der Waals surface area (Å²) in [5, 5.41) is 8.77. The van der Waals surface area contributed by atoms with Crippen molar-refractivity contribution in [3.63, 3.8) is 0 Å². The van der Waals surface area contributed by atoms with Crippen LogP contribution in [0.3, 0.4) is 0 Å². The van der Waals surface area contributed by atoms with Crippen LogP contribution in [0.5, 0.6) is 0 Å². The van der Waals surface area contributed by atoms with E-state index < -0.39 is 5.60 Å². The van der Waals surface area contributed by atoms with Gasteiger partial charge >= 0.3 is 6.09 Å². The highest BCUT2D eigenvalue weighted by Crippen LogP contribution is 2.16. The van der Waals surface area contributed by atoms with Crippen molar-refractivity contribution in [3.05, 3.63) is 23.9 Å². The van der Waals surface area contributed by atoms with Crippen LogP contribution in [0.4, 0.5) is 10.6 Å². The highest BCUT2D eigenvalue weighted by Gasteiger charge is 2.26. The second-order valence-electron chi connectivity index (χ2n) is 5.97. The zero-order chi connectivity index (χ0) is 17.5. The number of aromatic nitrogens is 1. The Morgan fingerprint density at radius 2 is 1.83 bits per heavy atom. The normalized spacial score (nSPS) is 14.4. The lowest BCUT2D eigenvalue weighted by atomic mass is 10.2. The summed E-state index contributed by atoms with van der Waals surface area (Å²) in [6.45, 7) is 12.2. The molecule has 23 heavy (non-hydrogen) atoms. The monoisotopic (exact) mass is 318 g/mol. The van der Waals surface area contributed by atoms with Crippen molar-refractivity contribution >= 4 is 11.9 Å². The van der Waals surface area contributed by atoms with Gasteiger partial charge in [0, 0.05) is 32.4 Å². The van der Waals surface area contributed by atoms with Gasteiger partial charge in [0.1, 0.15) is 17.5 Å². The van der Waals surface area contributed by atoms with E-state index in [1.165, 1.54) is 0 Å². The van der Waals surface area contributed by atoms with Gasteiger partial charge in [0.15, 0.2) is 0 Å². The maximum atomic E-state index is 12.0. The molecule has 6 nitrogen and oxygen atoms in total. The van der Waals surface area contributed by atoms with Gasteiger partial charge < -0.3 is 14.5 Å². The largest absolute Gasteiger partial charge is 0.444 e. The van der Waals surface area contributed by atoms with E-state index >= 15 is 0 Å². The van der Waals surface area contributed by atoms with Gasteiger partial charge in [-0.3, -0.25) is 0 Å². The van der Waals surface area contributed by atoms with Crippen molar-refractivity contribution in [2.24, 2.45) is 0 Å². The molecule has 0 radical (unpaired) electrons. The molecule has 0 unspecified atom stereocenters. The summed E-state index contributed by atoms with van der Waals surface area (Å²) >= 11 is 0. The molecule has 1 saturated heterocycles. The standard InChI is InChI=1S/C15H20N4O2.C2H6/c1-15(2,3)21-14(20)19-8-6-18(7-9-19)13-5-4-12(10-16)11-17-13;1-2/h4-5,11H,6-9H2,1-3H3;1-2H3. The van der Waals surface area contributed by atoms with E-state index in [1.54, 1.807) is 17.2 Å². The number of nitrogens with zero attached hydrogens (tertiary/aromatic N) is 4. The minimum atomic E-state index is -0.469. The van der Waals surface area contributed by atoms with Gasteiger partial charge in [-0.15, -0.1) is 0 Å². The lowest BCUT2D eigenvalue weighted by molar-refractivity contribution is 0.0240. The molecule has 0 aliphatic carbocycles. The fraction of sp³-hybridized carbons (Fsp3) is 0.588. The van der Waals surface area contributed by atoms with E-state index in [1.807, 2.05) is 40.7 Å². The lowest BCUT2D eigenvalue weighted by Gasteiger charge is -2.36. The summed E-state index contributed by atoms with van der Waals surface area (Å²) in [4.78, 5) is 20.1. The number of nitriles is 1. The summed E-state index contributed by atoms with van der Waals surface area (Å²) in [5.41, 5.74) is 0.0780. The summed E-state index contributed by atoms with van der Waals surface area (Å²) in [7, 11) is 0. The van der Waals surface area contributed by atoms with Gasteiger partial charge in [0.25, 0.3) is 0 Å². The van der Waals surface area contributed by atoms with Gasteiger partial charge in [-0.2, -0.15) is 5.26 Å². The number of hydrogen-bond acceptors (Lipinski definition) is 5. The number of carbonyl (C=O) groups is 1. The molecule has 0 aromatic carbocycles. The van der Waals surface area contributed by atoms with E-state index in [2.05, 4.69) is 16.0 Å².